The number of nitrogens with zero attached hydrogens (tertiary/aromatic N) is 2. The van der Waals surface area contributed by atoms with Crippen LogP contribution in [0.15, 0.2) is 59.3 Å². The summed E-state index contributed by atoms with van der Waals surface area (Å²) in [5.41, 5.74) is 1.34. The lowest BCUT2D eigenvalue weighted by Crippen LogP contribution is -2.26. The number of amides is 1. The average Bonchev–Trinajstić information content (AvgIpc) is 2.99. The molecule has 1 amide bonds. The first-order valence-corrected chi connectivity index (χ1v) is 6.37. The van der Waals surface area contributed by atoms with Gasteiger partial charge in [-0.15, -0.1) is 0 Å². The van der Waals surface area contributed by atoms with Crippen LogP contribution in [0.4, 0.5) is 0 Å². The first kappa shape index (κ1) is 12.4. The van der Waals surface area contributed by atoms with Crippen LogP contribution >= 0.6 is 0 Å². The normalized spacial score (nSPS) is 10.7. The molecule has 4 heteroatoms. The number of hydrogen-bond acceptors (Lipinski definition) is 3. The Morgan fingerprint density at radius 1 is 1.20 bits per heavy atom. The van der Waals surface area contributed by atoms with Crippen LogP contribution in [0.5, 0.6) is 0 Å². The van der Waals surface area contributed by atoms with Gasteiger partial charge in [-0.05, 0) is 24.3 Å². The van der Waals surface area contributed by atoms with E-state index in [9.17, 15) is 4.79 Å². The first-order valence-electron chi connectivity index (χ1n) is 6.37. The summed E-state index contributed by atoms with van der Waals surface area (Å²) in [5.74, 6) is 0.694. The highest BCUT2D eigenvalue weighted by atomic mass is 16.3. The fraction of sp³-hybridized carbons (Fsp3) is 0.125. The molecule has 1 aromatic carbocycles. The highest BCUT2D eigenvalue weighted by Gasteiger charge is 2.16. The fourth-order valence-corrected chi connectivity index (χ4v) is 2.19. The van der Waals surface area contributed by atoms with Crippen molar-refractivity contribution in [1.82, 2.24) is 9.88 Å². The zero-order valence-electron chi connectivity index (χ0n) is 11.1. The van der Waals surface area contributed by atoms with Gasteiger partial charge >= 0.3 is 0 Å². The summed E-state index contributed by atoms with van der Waals surface area (Å²) in [6.07, 6.45) is 3.30. The monoisotopic (exact) mass is 266 g/mol. The quantitative estimate of drug-likeness (QED) is 0.731. The molecule has 3 aromatic rings. The highest BCUT2D eigenvalue weighted by molar-refractivity contribution is 6.05. The van der Waals surface area contributed by atoms with Gasteiger partial charge in [-0.25, -0.2) is 0 Å². The SMILES string of the molecule is CN(Cc1ccco1)C(=O)c1cccc2cccnc12. The fourth-order valence-electron chi connectivity index (χ4n) is 2.19. The summed E-state index contributed by atoms with van der Waals surface area (Å²) < 4.78 is 5.27. The lowest BCUT2D eigenvalue weighted by molar-refractivity contribution is 0.0777. The van der Waals surface area contributed by atoms with Crippen molar-refractivity contribution in [3.8, 4) is 0 Å². The third-order valence-corrected chi connectivity index (χ3v) is 3.18. The number of fused-ring (bicyclic) bond motifs is 1. The summed E-state index contributed by atoms with van der Waals surface area (Å²) in [5, 5.41) is 0.963. The van der Waals surface area contributed by atoms with Crippen LogP contribution in [0, 0.1) is 0 Å². The molecule has 4 nitrogen and oxygen atoms in total. The molecule has 0 saturated heterocycles. The van der Waals surface area contributed by atoms with Crippen LogP contribution in [0.3, 0.4) is 0 Å². The highest BCUT2D eigenvalue weighted by Crippen LogP contribution is 2.18. The number of carbonyl (C=O) groups is 1. The molecule has 0 aliphatic rings. The van der Waals surface area contributed by atoms with E-state index in [1.54, 1.807) is 30.5 Å². The minimum atomic E-state index is -0.0642. The van der Waals surface area contributed by atoms with Gasteiger partial charge in [-0.2, -0.15) is 0 Å². The van der Waals surface area contributed by atoms with E-state index in [2.05, 4.69) is 4.98 Å². The summed E-state index contributed by atoms with van der Waals surface area (Å²) in [6, 6.07) is 13.1. The molecule has 0 bridgehead atoms. The Kier molecular flexibility index (Phi) is 3.21. The van der Waals surface area contributed by atoms with E-state index in [1.807, 2.05) is 36.4 Å². The third-order valence-electron chi connectivity index (χ3n) is 3.18. The van der Waals surface area contributed by atoms with E-state index in [0.717, 1.165) is 16.7 Å². The van der Waals surface area contributed by atoms with Gasteiger partial charge in [0.15, 0.2) is 0 Å². The number of carbonyl (C=O) groups excluding carboxylic acids is 1. The Morgan fingerprint density at radius 2 is 2.05 bits per heavy atom. The van der Waals surface area contributed by atoms with Crippen molar-refractivity contribution < 1.29 is 9.21 Å². The van der Waals surface area contributed by atoms with Crippen LogP contribution < -0.4 is 0 Å². The second kappa shape index (κ2) is 5.17. The predicted octanol–water partition coefficient (Wildman–Crippen LogP) is 3.10. The molecule has 0 N–H and O–H groups in total. The summed E-state index contributed by atoms with van der Waals surface area (Å²) in [6.45, 7) is 0.440. The van der Waals surface area contributed by atoms with Crippen molar-refractivity contribution in [3.05, 3.63) is 66.2 Å². The van der Waals surface area contributed by atoms with E-state index < -0.39 is 0 Å². The summed E-state index contributed by atoms with van der Waals surface area (Å²) in [4.78, 5) is 18.5. The molecule has 0 radical (unpaired) electrons. The van der Waals surface area contributed by atoms with Gasteiger partial charge in [0.25, 0.3) is 5.91 Å². The number of pyridine rings is 1. The molecule has 0 unspecified atom stereocenters. The van der Waals surface area contributed by atoms with Gasteiger partial charge in [0.1, 0.15) is 5.76 Å². The number of para-hydroxylation sites is 1. The smallest absolute Gasteiger partial charge is 0.256 e. The molecule has 2 aromatic heterocycles. The lowest BCUT2D eigenvalue weighted by atomic mass is 10.1. The largest absolute Gasteiger partial charge is 0.467 e. The zero-order valence-corrected chi connectivity index (χ0v) is 11.1. The van der Waals surface area contributed by atoms with E-state index in [0.29, 0.717) is 12.1 Å². The van der Waals surface area contributed by atoms with Crippen molar-refractivity contribution in [2.24, 2.45) is 0 Å². The number of aromatic nitrogens is 1. The standard InChI is InChI=1S/C16H14N2O2/c1-18(11-13-7-4-10-20-13)16(19)14-8-2-5-12-6-3-9-17-15(12)14/h2-10H,11H2,1H3. The second-order valence-electron chi connectivity index (χ2n) is 4.62. The number of hydrogen-bond donors (Lipinski definition) is 0. The van der Waals surface area contributed by atoms with E-state index in [4.69, 9.17) is 4.42 Å². The van der Waals surface area contributed by atoms with Crippen molar-refractivity contribution in [2.45, 2.75) is 6.54 Å². The number of benzene rings is 1. The minimum absolute atomic E-state index is 0.0642. The molecule has 0 saturated carbocycles. The summed E-state index contributed by atoms with van der Waals surface area (Å²) in [7, 11) is 1.76. The Labute approximate surface area is 116 Å². The predicted molar refractivity (Wildman–Crippen MR) is 76.2 cm³/mol. The van der Waals surface area contributed by atoms with Gasteiger partial charge in [-0.1, -0.05) is 18.2 Å². The van der Waals surface area contributed by atoms with Crippen LogP contribution in [-0.4, -0.2) is 22.8 Å². The number of rotatable bonds is 3. The lowest BCUT2D eigenvalue weighted by Gasteiger charge is -2.16. The van der Waals surface area contributed by atoms with Crippen LogP contribution in [-0.2, 0) is 6.54 Å². The molecule has 0 aliphatic heterocycles. The van der Waals surface area contributed by atoms with Crippen LogP contribution in [0.2, 0.25) is 0 Å². The third kappa shape index (κ3) is 2.28. The van der Waals surface area contributed by atoms with Crippen molar-refractivity contribution in [3.63, 3.8) is 0 Å². The second-order valence-corrected chi connectivity index (χ2v) is 4.62. The van der Waals surface area contributed by atoms with Gasteiger partial charge < -0.3 is 9.32 Å². The van der Waals surface area contributed by atoms with Crippen LogP contribution in [0.25, 0.3) is 10.9 Å². The van der Waals surface area contributed by atoms with E-state index in [-0.39, 0.29) is 5.91 Å². The van der Waals surface area contributed by atoms with Gasteiger partial charge in [-0.3, -0.25) is 9.78 Å². The Hall–Kier alpha value is -2.62. The molecule has 0 spiro atoms. The Morgan fingerprint density at radius 3 is 2.85 bits per heavy atom. The van der Waals surface area contributed by atoms with Crippen molar-refractivity contribution >= 4 is 16.8 Å². The molecule has 20 heavy (non-hydrogen) atoms. The first-order chi connectivity index (χ1) is 9.75. The maximum Gasteiger partial charge on any atom is 0.256 e. The maximum atomic E-state index is 12.5. The average molecular weight is 266 g/mol. The van der Waals surface area contributed by atoms with Crippen molar-refractivity contribution in [2.75, 3.05) is 7.05 Å². The Balaban J connectivity index is 1.92. The topological polar surface area (TPSA) is 46.3 Å². The van der Waals surface area contributed by atoms with Gasteiger partial charge in [0.2, 0.25) is 0 Å². The molecular formula is C16H14N2O2. The molecule has 2 heterocycles. The van der Waals surface area contributed by atoms with E-state index in [1.165, 1.54) is 0 Å². The summed E-state index contributed by atoms with van der Waals surface area (Å²) >= 11 is 0. The van der Waals surface area contributed by atoms with Gasteiger partial charge in [0.05, 0.1) is 23.9 Å². The molecule has 100 valence electrons. The van der Waals surface area contributed by atoms with E-state index >= 15 is 0 Å². The maximum absolute atomic E-state index is 12.5. The Bertz CT molecular complexity index is 730. The van der Waals surface area contributed by atoms with Crippen LogP contribution in [0.1, 0.15) is 16.1 Å². The van der Waals surface area contributed by atoms with Gasteiger partial charge in [0, 0.05) is 18.6 Å². The molecule has 0 fully saturated rings. The minimum Gasteiger partial charge on any atom is -0.467 e. The molecular weight excluding hydrogens is 252 g/mol. The zero-order chi connectivity index (χ0) is 13.9. The molecule has 3 rings (SSSR count). The number of furan rings is 1. The molecule has 0 aliphatic carbocycles. The van der Waals surface area contributed by atoms with Crippen molar-refractivity contribution in [1.29, 1.82) is 0 Å². The molecule has 0 atom stereocenters.